The minimum absolute atomic E-state index is 0.211. The summed E-state index contributed by atoms with van der Waals surface area (Å²) >= 11 is 0. The first kappa shape index (κ1) is 9.71. The Morgan fingerprint density at radius 2 is 2.36 bits per heavy atom. The van der Waals surface area contributed by atoms with Gasteiger partial charge in [0, 0.05) is 18.7 Å². The van der Waals surface area contributed by atoms with Crippen LogP contribution in [0.15, 0.2) is 11.6 Å². The number of carbonyl (C=O) groups excluding carboxylic acids is 1. The Balaban J connectivity index is 1.92. The fourth-order valence-electron chi connectivity index (χ4n) is 2.02. The Morgan fingerprint density at radius 3 is 3.00 bits per heavy atom. The quantitative estimate of drug-likeness (QED) is 0.492. The Kier molecular flexibility index (Phi) is 2.87. The molecule has 0 bridgehead atoms. The summed E-state index contributed by atoms with van der Waals surface area (Å²) in [6.45, 7) is 2.17. The van der Waals surface area contributed by atoms with Crippen LogP contribution in [0, 0.1) is 0 Å². The van der Waals surface area contributed by atoms with Crippen LogP contribution in [0.4, 0.5) is 0 Å². The van der Waals surface area contributed by atoms with E-state index >= 15 is 0 Å². The number of rotatable bonds is 2. The van der Waals surface area contributed by atoms with Crippen LogP contribution in [-0.2, 0) is 9.53 Å². The zero-order chi connectivity index (χ0) is 9.97. The Labute approximate surface area is 84.7 Å². The maximum absolute atomic E-state index is 11.1. The largest absolute Gasteiger partial charge is 0.466 e. The molecule has 0 atom stereocenters. The number of nitrogens with zero attached hydrogens (tertiary/aromatic N) is 1. The first-order chi connectivity index (χ1) is 6.79. The van der Waals surface area contributed by atoms with E-state index in [0.717, 1.165) is 19.0 Å². The number of methoxy groups -OCH3 is 1. The molecule has 1 saturated heterocycles. The van der Waals surface area contributed by atoms with Gasteiger partial charge in [-0.15, -0.1) is 0 Å². The molecule has 1 saturated carbocycles. The van der Waals surface area contributed by atoms with Gasteiger partial charge in [-0.3, -0.25) is 4.90 Å². The third-order valence-electron chi connectivity index (χ3n) is 2.94. The minimum Gasteiger partial charge on any atom is -0.466 e. The summed E-state index contributed by atoms with van der Waals surface area (Å²) in [6.07, 6.45) is 6.57. The third-order valence-corrected chi connectivity index (χ3v) is 2.94. The van der Waals surface area contributed by atoms with Crippen LogP contribution in [0.1, 0.15) is 25.7 Å². The maximum Gasteiger partial charge on any atom is 0.330 e. The normalized spacial score (nSPS) is 26.5. The molecule has 0 amide bonds. The van der Waals surface area contributed by atoms with Gasteiger partial charge in [0.1, 0.15) is 0 Å². The Hall–Kier alpha value is -0.830. The van der Waals surface area contributed by atoms with Crippen molar-refractivity contribution in [2.24, 2.45) is 0 Å². The van der Waals surface area contributed by atoms with E-state index in [1.165, 1.54) is 38.5 Å². The molecule has 1 aliphatic heterocycles. The fourth-order valence-corrected chi connectivity index (χ4v) is 2.02. The van der Waals surface area contributed by atoms with Crippen molar-refractivity contribution in [1.29, 1.82) is 0 Å². The SMILES string of the molecule is COC(=O)/C=C1\CCCN(C2CC2)C1. The van der Waals surface area contributed by atoms with Crippen LogP contribution in [0.5, 0.6) is 0 Å². The summed E-state index contributed by atoms with van der Waals surface area (Å²) in [7, 11) is 1.43. The van der Waals surface area contributed by atoms with Crippen molar-refractivity contribution >= 4 is 5.97 Å². The van der Waals surface area contributed by atoms with Gasteiger partial charge >= 0.3 is 5.97 Å². The monoisotopic (exact) mass is 195 g/mol. The summed E-state index contributed by atoms with van der Waals surface area (Å²) in [4.78, 5) is 13.5. The molecular weight excluding hydrogens is 178 g/mol. The van der Waals surface area contributed by atoms with Gasteiger partial charge in [-0.2, -0.15) is 0 Å². The van der Waals surface area contributed by atoms with Gasteiger partial charge in [-0.25, -0.2) is 4.79 Å². The molecule has 78 valence electrons. The summed E-state index contributed by atoms with van der Waals surface area (Å²) in [5.74, 6) is -0.211. The highest BCUT2D eigenvalue weighted by Gasteiger charge is 2.30. The molecule has 0 aromatic heterocycles. The van der Waals surface area contributed by atoms with E-state index in [4.69, 9.17) is 0 Å². The lowest BCUT2D eigenvalue weighted by atomic mass is 10.0. The van der Waals surface area contributed by atoms with Crippen LogP contribution >= 0.6 is 0 Å². The fraction of sp³-hybridized carbons (Fsp3) is 0.727. The van der Waals surface area contributed by atoms with Crippen molar-refractivity contribution < 1.29 is 9.53 Å². The second-order valence-electron chi connectivity index (χ2n) is 4.13. The van der Waals surface area contributed by atoms with Gasteiger partial charge in [0.25, 0.3) is 0 Å². The standard InChI is InChI=1S/C11H17NO2/c1-14-11(13)7-9-3-2-6-12(8-9)10-4-5-10/h7,10H,2-6,8H2,1H3/b9-7+. The van der Waals surface area contributed by atoms with E-state index in [1.54, 1.807) is 6.08 Å². The lowest BCUT2D eigenvalue weighted by Crippen LogP contribution is -2.33. The van der Waals surface area contributed by atoms with E-state index in [9.17, 15) is 4.79 Å². The molecular formula is C11H17NO2. The summed E-state index contributed by atoms with van der Waals surface area (Å²) < 4.78 is 4.63. The number of likely N-dealkylation sites (tertiary alicyclic amines) is 1. The van der Waals surface area contributed by atoms with Crippen LogP contribution in [0.2, 0.25) is 0 Å². The molecule has 0 radical (unpaired) electrons. The number of hydrogen-bond donors (Lipinski definition) is 0. The highest BCUT2D eigenvalue weighted by molar-refractivity contribution is 5.82. The molecule has 2 aliphatic rings. The van der Waals surface area contributed by atoms with Gasteiger partial charge in [-0.05, 0) is 37.8 Å². The molecule has 2 rings (SSSR count). The average Bonchev–Trinajstić information content (AvgIpc) is 3.01. The van der Waals surface area contributed by atoms with Crippen molar-refractivity contribution in [2.75, 3.05) is 20.2 Å². The van der Waals surface area contributed by atoms with Crippen LogP contribution < -0.4 is 0 Å². The van der Waals surface area contributed by atoms with E-state index in [0.29, 0.717) is 0 Å². The Morgan fingerprint density at radius 1 is 1.57 bits per heavy atom. The predicted octanol–water partition coefficient (Wildman–Crippen LogP) is 1.34. The maximum atomic E-state index is 11.1. The van der Waals surface area contributed by atoms with E-state index in [2.05, 4.69) is 9.64 Å². The summed E-state index contributed by atoms with van der Waals surface area (Å²) in [5, 5.41) is 0. The molecule has 2 fully saturated rings. The van der Waals surface area contributed by atoms with Crippen molar-refractivity contribution in [2.45, 2.75) is 31.7 Å². The van der Waals surface area contributed by atoms with Gasteiger partial charge in [0.15, 0.2) is 0 Å². The molecule has 0 N–H and O–H groups in total. The first-order valence-electron chi connectivity index (χ1n) is 5.31. The number of esters is 1. The van der Waals surface area contributed by atoms with E-state index in [1.807, 2.05) is 0 Å². The van der Waals surface area contributed by atoms with Gasteiger partial charge in [0.2, 0.25) is 0 Å². The molecule has 3 nitrogen and oxygen atoms in total. The minimum atomic E-state index is -0.211. The van der Waals surface area contributed by atoms with Crippen molar-refractivity contribution in [3.63, 3.8) is 0 Å². The number of carbonyl (C=O) groups is 1. The summed E-state index contributed by atoms with van der Waals surface area (Å²) in [6, 6.07) is 0.802. The molecule has 0 aromatic carbocycles. The third kappa shape index (κ3) is 2.35. The molecule has 3 heteroatoms. The lowest BCUT2D eigenvalue weighted by molar-refractivity contribution is -0.134. The van der Waals surface area contributed by atoms with Crippen LogP contribution in [0.25, 0.3) is 0 Å². The van der Waals surface area contributed by atoms with Crippen LogP contribution in [0.3, 0.4) is 0 Å². The summed E-state index contributed by atoms with van der Waals surface area (Å²) in [5.41, 5.74) is 1.23. The average molecular weight is 195 g/mol. The molecule has 1 aliphatic carbocycles. The highest BCUT2D eigenvalue weighted by Crippen LogP contribution is 2.30. The molecule has 0 unspecified atom stereocenters. The van der Waals surface area contributed by atoms with E-state index < -0.39 is 0 Å². The molecule has 0 spiro atoms. The Bertz CT molecular complexity index is 256. The zero-order valence-electron chi connectivity index (χ0n) is 8.66. The van der Waals surface area contributed by atoms with Crippen molar-refractivity contribution in [3.05, 3.63) is 11.6 Å². The topological polar surface area (TPSA) is 29.5 Å². The van der Waals surface area contributed by atoms with Crippen molar-refractivity contribution in [1.82, 2.24) is 4.90 Å². The molecule has 0 aromatic rings. The number of hydrogen-bond acceptors (Lipinski definition) is 3. The second-order valence-corrected chi connectivity index (χ2v) is 4.13. The number of ether oxygens (including phenoxy) is 1. The van der Waals surface area contributed by atoms with Gasteiger partial charge < -0.3 is 4.74 Å². The predicted molar refractivity (Wildman–Crippen MR) is 53.9 cm³/mol. The van der Waals surface area contributed by atoms with Crippen molar-refractivity contribution in [3.8, 4) is 0 Å². The highest BCUT2D eigenvalue weighted by atomic mass is 16.5. The van der Waals surface area contributed by atoms with Gasteiger partial charge in [-0.1, -0.05) is 0 Å². The zero-order valence-corrected chi connectivity index (χ0v) is 8.66. The molecule has 1 heterocycles. The smallest absolute Gasteiger partial charge is 0.330 e. The molecule has 14 heavy (non-hydrogen) atoms. The van der Waals surface area contributed by atoms with Crippen LogP contribution in [-0.4, -0.2) is 37.1 Å². The first-order valence-corrected chi connectivity index (χ1v) is 5.31. The second kappa shape index (κ2) is 4.13. The number of piperidine rings is 1. The van der Waals surface area contributed by atoms with Gasteiger partial charge in [0.05, 0.1) is 7.11 Å². The lowest BCUT2D eigenvalue weighted by Gasteiger charge is -2.28. The van der Waals surface area contributed by atoms with E-state index in [-0.39, 0.29) is 5.97 Å².